The molecule has 2 aliphatic heterocycles. The number of thioether (sulfide) groups is 1. The van der Waals surface area contributed by atoms with Gasteiger partial charge >= 0.3 is 0 Å². The molecule has 1 amide bonds. The maximum Gasteiger partial charge on any atom is 0.233 e. The molecule has 2 heterocycles. The Hall–Kier alpha value is -2.58. The Morgan fingerprint density at radius 2 is 1.68 bits per heavy atom. The third kappa shape index (κ3) is 6.52. The molecule has 0 spiro atoms. The topological polar surface area (TPSA) is 71.5 Å². The first-order valence-corrected chi connectivity index (χ1v) is 14.4. The minimum atomic E-state index is -0.205. The van der Waals surface area contributed by atoms with Crippen molar-refractivity contribution in [2.45, 2.75) is 64.2 Å². The Morgan fingerprint density at radius 3 is 2.34 bits per heavy atom. The normalized spacial score (nSPS) is 17.5. The number of carbonyl (C=O) groups is 1. The molecular formula is C30H42N2O5S. The summed E-state index contributed by atoms with van der Waals surface area (Å²) in [7, 11) is 2.08. The molecule has 1 fully saturated rings. The van der Waals surface area contributed by atoms with Crippen molar-refractivity contribution in [3.05, 3.63) is 47.0 Å². The van der Waals surface area contributed by atoms with Crippen LogP contribution in [0, 0.1) is 0 Å². The summed E-state index contributed by atoms with van der Waals surface area (Å²) in [5.41, 5.74) is 2.55. The van der Waals surface area contributed by atoms with Gasteiger partial charge in [0, 0.05) is 19.2 Å². The van der Waals surface area contributed by atoms with E-state index in [9.17, 15) is 9.90 Å². The molecule has 0 radical (unpaired) electrons. The molecule has 1 saturated heterocycles. The lowest BCUT2D eigenvalue weighted by molar-refractivity contribution is -0.128. The van der Waals surface area contributed by atoms with Crippen LogP contribution < -0.4 is 14.2 Å². The summed E-state index contributed by atoms with van der Waals surface area (Å²) in [6, 6.07) is 9.83. The fourth-order valence-corrected chi connectivity index (χ4v) is 6.02. The fourth-order valence-electron chi connectivity index (χ4n) is 4.82. The third-order valence-corrected chi connectivity index (χ3v) is 8.28. The van der Waals surface area contributed by atoms with E-state index in [-0.39, 0.29) is 28.9 Å². The van der Waals surface area contributed by atoms with Crippen LogP contribution in [0.3, 0.4) is 0 Å². The Kier molecular flexibility index (Phi) is 8.43. The standard InChI is InChI=1S/C30H42N2O5S/c1-29(2,3)22-15-20(16-23(27(22)34)30(4,5)6)28-32(26(33)18-38-28)12-8-11-31(7)13-14-35-21-9-10-24-25(17-21)37-19-36-24/h9-10,15-17,28,34H,8,11-14,18-19H2,1-7H3/t28-/m0/s1. The van der Waals surface area contributed by atoms with Gasteiger partial charge in [0.05, 0.1) is 5.75 Å². The zero-order valence-electron chi connectivity index (χ0n) is 23.8. The van der Waals surface area contributed by atoms with Crippen LogP contribution in [0.15, 0.2) is 30.3 Å². The SMILES string of the molecule is CN(CCCN1C(=O)CS[C@H]1c1cc(C(C)(C)C)c(O)c(C(C)(C)C)c1)CCOc1ccc2c(c1)OCO2. The maximum atomic E-state index is 12.9. The fraction of sp³-hybridized carbons (Fsp3) is 0.567. The number of benzene rings is 2. The number of nitrogens with zero attached hydrogens (tertiary/aromatic N) is 2. The van der Waals surface area contributed by atoms with E-state index in [0.29, 0.717) is 24.7 Å². The first-order chi connectivity index (χ1) is 17.8. The minimum absolute atomic E-state index is 0.0371. The molecule has 7 nitrogen and oxygen atoms in total. The third-order valence-electron chi connectivity index (χ3n) is 7.03. The highest BCUT2D eigenvalue weighted by Crippen LogP contribution is 2.45. The van der Waals surface area contributed by atoms with Crippen LogP contribution in [0.1, 0.15) is 70.0 Å². The first kappa shape index (κ1) is 28.4. The quantitative estimate of drug-likeness (QED) is 0.436. The molecule has 0 aromatic heterocycles. The van der Waals surface area contributed by atoms with E-state index >= 15 is 0 Å². The highest BCUT2D eigenvalue weighted by Gasteiger charge is 2.35. The van der Waals surface area contributed by atoms with E-state index in [1.165, 1.54) is 0 Å². The molecule has 2 aliphatic rings. The number of phenolic OH excluding ortho intramolecular Hbond substituents is 1. The van der Waals surface area contributed by atoms with Crippen LogP contribution in [0.2, 0.25) is 0 Å². The van der Waals surface area contributed by atoms with Crippen molar-refractivity contribution in [3.63, 3.8) is 0 Å². The minimum Gasteiger partial charge on any atom is -0.507 e. The van der Waals surface area contributed by atoms with Gasteiger partial charge in [-0.25, -0.2) is 0 Å². The number of phenols is 1. The van der Waals surface area contributed by atoms with E-state index in [1.807, 2.05) is 23.1 Å². The van der Waals surface area contributed by atoms with Gasteiger partial charge in [-0.05, 0) is 71.8 Å². The molecule has 0 aliphatic carbocycles. The second-order valence-corrected chi connectivity index (χ2v) is 13.3. The summed E-state index contributed by atoms with van der Waals surface area (Å²) in [5.74, 6) is 3.27. The predicted molar refractivity (Wildman–Crippen MR) is 153 cm³/mol. The maximum absolute atomic E-state index is 12.9. The molecule has 2 aromatic carbocycles. The summed E-state index contributed by atoms with van der Waals surface area (Å²) in [4.78, 5) is 17.1. The second kappa shape index (κ2) is 11.3. The van der Waals surface area contributed by atoms with E-state index < -0.39 is 0 Å². The molecule has 8 heteroatoms. The summed E-state index contributed by atoms with van der Waals surface area (Å²) in [6.45, 7) is 15.9. The van der Waals surface area contributed by atoms with Crippen molar-refractivity contribution in [1.82, 2.24) is 9.80 Å². The smallest absolute Gasteiger partial charge is 0.233 e. The van der Waals surface area contributed by atoms with Crippen molar-refractivity contribution in [1.29, 1.82) is 0 Å². The zero-order chi connectivity index (χ0) is 27.7. The van der Waals surface area contributed by atoms with Gasteiger partial charge in [0.15, 0.2) is 11.5 Å². The van der Waals surface area contributed by atoms with Gasteiger partial charge in [-0.3, -0.25) is 4.79 Å². The molecule has 1 N–H and O–H groups in total. The van der Waals surface area contributed by atoms with Gasteiger partial charge in [0.1, 0.15) is 23.5 Å². The highest BCUT2D eigenvalue weighted by atomic mass is 32.2. The number of amides is 1. The summed E-state index contributed by atoms with van der Waals surface area (Å²) in [5, 5.41) is 11.1. The Morgan fingerprint density at radius 1 is 1.03 bits per heavy atom. The van der Waals surface area contributed by atoms with E-state index in [2.05, 4.69) is 65.6 Å². The first-order valence-electron chi connectivity index (χ1n) is 13.3. The van der Waals surface area contributed by atoms with Crippen molar-refractivity contribution < 1.29 is 24.1 Å². The van der Waals surface area contributed by atoms with Crippen molar-refractivity contribution in [2.75, 3.05) is 45.8 Å². The molecule has 2 aromatic rings. The average Bonchev–Trinajstić information content (AvgIpc) is 3.44. The molecule has 208 valence electrons. The Labute approximate surface area is 231 Å². The molecule has 1 atom stereocenters. The van der Waals surface area contributed by atoms with Crippen LogP contribution in [0.5, 0.6) is 23.0 Å². The average molecular weight is 543 g/mol. The molecule has 0 saturated carbocycles. The number of ether oxygens (including phenoxy) is 3. The monoisotopic (exact) mass is 542 g/mol. The Balaban J connectivity index is 1.35. The number of hydrogen-bond donors (Lipinski definition) is 1. The summed E-state index contributed by atoms with van der Waals surface area (Å²) in [6.07, 6.45) is 0.875. The molecule has 0 unspecified atom stereocenters. The van der Waals surface area contributed by atoms with Crippen LogP contribution in [-0.2, 0) is 15.6 Å². The number of carbonyl (C=O) groups excluding carboxylic acids is 1. The molecule has 0 bridgehead atoms. The molecule has 4 rings (SSSR count). The van der Waals surface area contributed by atoms with Crippen LogP contribution in [0.25, 0.3) is 0 Å². The number of hydrogen-bond acceptors (Lipinski definition) is 7. The van der Waals surface area contributed by atoms with E-state index in [4.69, 9.17) is 14.2 Å². The number of likely N-dealkylation sites (N-methyl/N-ethyl adjacent to an activating group) is 1. The van der Waals surface area contributed by atoms with Crippen LogP contribution >= 0.6 is 11.8 Å². The lowest BCUT2D eigenvalue weighted by Crippen LogP contribution is -2.33. The predicted octanol–water partition coefficient (Wildman–Crippen LogP) is 5.69. The molecular weight excluding hydrogens is 500 g/mol. The van der Waals surface area contributed by atoms with Gasteiger partial charge in [-0.1, -0.05) is 41.5 Å². The van der Waals surface area contributed by atoms with E-state index in [1.54, 1.807) is 11.8 Å². The van der Waals surface area contributed by atoms with Crippen molar-refractivity contribution in [3.8, 4) is 23.0 Å². The van der Waals surface area contributed by atoms with Gasteiger partial charge in [-0.15, -0.1) is 11.8 Å². The number of aromatic hydroxyl groups is 1. The molecule has 38 heavy (non-hydrogen) atoms. The lowest BCUT2D eigenvalue weighted by atomic mass is 9.78. The van der Waals surface area contributed by atoms with Gasteiger partial charge in [0.2, 0.25) is 12.7 Å². The number of rotatable bonds is 9. The van der Waals surface area contributed by atoms with Crippen molar-refractivity contribution in [2.24, 2.45) is 0 Å². The Bertz CT molecular complexity index is 1120. The second-order valence-electron chi connectivity index (χ2n) is 12.2. The van der Waals surface area contributed by atoms with Gasteiger partial charge in [0.25, 0.3) is 0 Å². The lowest BCUT2D eigenvalue weighted by Gasteiger charge is -2.31. The van der Waals surface area contributed by atoms with Crippen LogP contribution in [-0.4, -0.2) is 66.6 Å². The zero-order valence-corrected chi connectivity index (χ0v) is 24.6. The van der Waals surface area contributed by atoms with Gasteiger partial charge in [-0.2, -0.15) is 0 Å². The van der Waals surface area contributed by atoms with E-state index in [0.717, 1.165) is 53.4 Å². The highest BCUT2D eigenvalue weighted by molar-refractivity contribution is 8.00. The number of fused-ring (bicyclic) bond motifs is 1. The van der Waals surface area contributed by atoms with Crippen molar-refractivity contribution >= 4 is 17.7 Å². The van der Waals surface area contributed by atoms with Crippen LogP contribution in [0.4, 0.5) is 0 Å². The summed E-state index contributed by atoms with van der Waals surface area (Å²) < 4.78 is 16.7. The largest absolute Gasteiger partial charge is 0.507 e. The van der Waals surface area contributed by atoms with Gasteiger partial charge < -0.3 is 29.1 Å². The summed E-state index contributed by atoms with van der Waals surface area (Å²) >= 11 is 1.68.